The topological polar surface area (TPSA) is 101 Å². The Morgan fingerprint density at radius 3 is 2.53 bits per heavy atom. The molecule has 45 heavy (non-hydrogen) atoms. The van der Waals surface area contributed by atoms with E-state index in [2.05, 4.69) is 11.4 Å². The van der Waals surface area contributed by atoms with Crippen LogP contribution in [0.15, 0.2) is 12.1 Å². The van der Waals surface area contributed by atoms with Crippen molar-refractivity contribution in [2.75, 3.05) is 11.9 Å². The first-order valence-corrected chi connectivity index (χ1v) is 17.3. The van der Waals surface area contributed by atoms with Crippen LogP contribution in [-0.2, 0) is 27.3 Å². The van der Waals surface area contributed by atoms with Crippen LogP contribution in [0.2, 0.25) is 0 Å². The molecule has 0 radical (unpaired) electrons. The van der Waals surface area contributed by atoms with Crippen LogP contribution in [0.1, 0.15) is 127 Å². The van der Waals surface area contributed by atoms with E-state index in [1.807, 2.05) is 13.0 Å². The first-order valence-electron chi connectivity index (χ1n) is 17.3. The van der Waals surface area contributed by atoms with E-state index in [1.54, 1.807) is 16.5 Å². The quantitative estimate of drug-likeness (QED) is 0.358. The minimum Gasteiger partial charge on any atom is -0.385 e. The SMILES string of the molecule is CCC(=O)[C@@H]1C[C@]23CCC(=O)CCCCCCc4cc(NCC5CCCC(C)(F)C5)cc5c(C(C)=O)nn(c45)CC(=O)N1[C@@H]2C3. The van der Waals surface area contributed by atoms with Gasteiger partial charge < -0.3 is 10.2 Å². The van der Waals surface area contributed by atoms with Crippen LogP contribution in [0.5, 0.6) is 0 Å². The summed E-state index contributed by atoms with van der Waals surface area (Å²) in [6.45, 7) is 5.66. The fraction of sp³-hybridized carbons (Fsp3) is 0.694. The Labute approximate surface area is 265 Å². The molecule has 2 unspecified atom stereocenters. The molecule has 1 amide bonds. The second kappa shape index (κ2) is 12.6. The third kappa shape index (κ3) is 6.59. The van der Waals surface area contributed by atoms with E-state index in [9.17, 15) is 23.6 Å². The monoisotopic (exact) mass is 620 g/mol. The van der Waals surface area contributed by atoms with Gasteiger partial charge in [0.25, 0.3) is 0 Å². The van der Waals surface area contributed by atoms with E-state index in [0.717, 1.165) is 79.9 Å². The molecule has 2 saturated carbocycles. The second-order valence-corrected chi connectivity index (χ2v) is 14.7. The fourth-order valence-electron chi connectivity index (χ4n) is 8.65. The first kappa shape index (κ1) is 31.9. The van der Waals surface area contributed by atoms with Crippen LogP contribution >= 0.6 is 0 Å². The Kier molecular flexibility index (Phi) is 8.92. The molecule has 2 bridgehead atoms. The van der Waals surface area contributed by atoms with Crippen molar-refractivity contribution in [3.8, 4) is 0 Å². The average Bonchev–Trinajstić information content (AvgIpc) is 3.41. The van der Waals surface area contributed by atoms with E-state index in [4.69, 9.17) is 5.10 Å². The number of rotatable bonds is 6. The molecule has 244 valence electrons. The number of ketones is 3. The van der Waals surface area contributed by atoms with E-state index in [1.165, 1.54) is 6.92 Å². The van der Waals surface area contributed by atoms with Crippen LogP contribution in [0, 0.1) is 11.3 Å². The maximum Gasteiger partial charge on any atom is 0.245 e. The lowest BCUT2D eigenvalue weighted by Crippen LogP contribution is -2.44. The van der Waals surface area contributed by atoms with Gasteiger partial charge >= 0.3 is 0 Å². The van der Waals surface area contributed by atoms with Gasteiger partial charge in [0.05, 0.1) is 11.6 Å². The Morgan fingerprint density at radius 2 is 1.80 bits per heavy atom. The number of hydrogen-bond acceptors (Lipinski definition) is 6. The van der Waals surface area contributed by atoms with Gasteiger partial charge in [0.1, 0.15) is 23.7 Å². The molecular weight excluding hydrogens is 571 g/mol. The normalized spacial score (nSPS) is 31.0. The van der Waals surface area contributed by atoms with Crippen molar-refractivity contribution in [1.82, 2.24) is 14.7 Å². The number of aromatic nitrogens is 2. The molecule has 6 rings (SSSR count). The molecule has 8 nitrogen and oxygen atoms in total. The molecule has 1 saturated heterocycles. The molecule has 3 fully saturated rings. The van der Waals surface area contributed by atoms with E-state index < -0.39 is 11.7 Å². The second-order valence-electron chi connectivity index (χ2n) is 14.7. The van der Waals surface area contributed by atoms with Crippen molar-refractivity contribution >= 4 is 39.8 Å². The summed E-state index contributed by atoms with van der Waals surface area (Å²) < 4.78 is 16.4. The van der Waals surface area contributed by atoms with E-state index in [-0.39, 0.29) is 47.2 Å². The van der Waals surface area contributed by atoms with Gasteiger partial charge in [-0.1, -0.05) is 19.8 Å². The van der Waals surface area contributed by atoms with Crippen molar-refractivity contribution in [2.45, 2.75) is 141 Å². The van der Waals surface area contributed by atoms with Gasteiger partial charge in [0.15, 0.2) is 11.6 Å². The molecule has 3 heterocycles. The number of piperidine rings is 1. The largest absolute Gasteiger partial charge is 0.385 e. The highest BCUT2D eigenvalue weighted by atomic mass is 19.1. The summed E-state index contributed by atoms with van der Waals surface area (Å²) in [7, 11) is 0. The summed E-state index contributed by atoms with van der Waals surface area (Å²) in [6.07, 6.45) is 11.2. The molecule has 4 aliphatic rings. The van der Waals surface area contributed by atoms with Crippen LogP contribution in [0.3, 0.4) is 0 Å². The molecule has 1 aromatic heterocycles. The lowest BCUT2D eigenvalue weighted by atomic mass is 9.80. The number of anilines is 1. The molecule has 2 aromatic rings. The van der Waals surface area contributed by atoms with Crippen molar-refractivity contribution < 1.29 is 23.6 Å². The highest BCUT2D eigenvalue weighted by Gasteiger charge is 2.66. The van der Waals surface area contributed by atoms with Crippen molar-refractivity contribution in [2.24, 2.45) is 11.3 Å². The number of carbonyl (C=O) groups is 4. The van der Waals surface area contributed by atoms with Crippen LogP contribution in [0.25, 0.3) is 10.9 Å². The Bertz CT molecular complexity index is 1500. The maximum absolute atomic E-state index is 14.7. The molecular formula is C36H49FN4O4. The number of hydrogen-bond donors (Lipinski definition) is 1. The zero-order valence-electron chi connectivity index (χ0n) is 27.3. The number of nitrogens with zero attached hydrogens (tertiary/aromatic N) is 3. The van der Waals surface area contributed by atoms with Crippen molar-refractivity contribution in [3.63, 3.8) is 0 Å². The van der Waals surface area contributed by atoms with Gasteiger partial charge in [-0.15, -0.1) is 0 Å². The lowest BCUT2D eigenvalue weighted by molar-refractivity contribution is -0.139. The van der Waals surface area contributed by atoms with Crippen LogP contribution < -0.4 is 5.32 Å². The molecule has 5 atom stereocenters. The van der Waals surface area contributed by atoms with E-state index >= 15 is 0 Å². The third-order valence-electron chi connectivity index (χ3n) is 11.1. The maximum atomic E-state index is 14.7. The Morgan fingerprint density at radius 1 is 1.02 bits per heavy atom. The van der Waals surface area contributed by atoms with Crippen molar-refractivity contribution in [3.05, 3.63) is 23.4 Å². The van der Waals surface area contributed by atoms with Gasteiger partial charge in [-0.2, -0.15) is 5.10 Å². The number of aryl methyl sites for hydroxylation is 1. The number of benzene rings is 1. The Balaban J connectivity index is 1.35. The lowest BCUT2D eigenvalue weighted by Gasteiger charge is -2.32. The minimum atomic E-state index is -1.13. The predicted octanol–water partition coefficient (Wildman–Crippen LogP) is 6.76. The van der Waals surface area contributed by atoms with Crippen LogP contribution in [-0.4, -0.2) is 62.2 Å². The van der Waals surface area contributed by atoms with Gasteiger partial charge in [-0.25, -0.2) is 4.39 Å². The Hall–Kier alpha value is -3.10. The molecule has 1 N–H and O–H groups in total. The number of halogens is 1. The summed E-state index contributed by atoms with van der Waals surface area (Å²) in [5, 5.41) is 9.00. The van der Waals surface area contributed by atoms with Gasteiger partial charge in [-0.05, 0) is 100 Å². The zero-order valence-corrected chi connectivity index (χ0v) is 27.3. The fourth-order valence-corrected chi connectivity index (χ4v) is 8.65. The first-order chi connectivity index (χ1) is 21.5. The predicted molar refractivity (Wildman–Crippen MR) is 172 cm³/mol. The van der Waals surface area contributed by atoms with Crippen molar-refractivity contribution in [1.29, 1.82) is 0 Å². The third-order valence-corrected chi connectivity index (χ3v) is 11.1. The molecule has 0 spiro atoms. The molecule has 2 aliphatic carbocycles. The zero-order chi connectivity index (χ0) is 31.9. The van der Waals surface area contributed by atoms with Gasteiger partial charge in [0, 0.05) is 49.8 Å². The summed E-state index contributed by atoms with van der Waals surface area (Å²) in [5.74, 6) is 0.266. The van der Waals surface area contributed by atoms with Gasteiger partial charge in [0.2, 0.25) is 5.91 Å². The smallest absolute Gasteiger partial charge is 0.245 e. The standard InChI is InChI=1S/C36H49FN4O4/c1-4-30(44)29-19-36-15-13-27(43)12-8-6-5-7-11-25-16-26(38-21-24-10-9-14-35(3,37)18-24)17-28-33(23(2)42)39-40(34(25)28)22-32(45)41(29)31(36)20-36/h16-17,24,29,31,38H,4-15,18-22H2,1-3H3/t24?,29-,31+,35?,36-/m0/s1. The number of alkyl halides is 1. The number of amides is 1. The summed E-state index contributed by atoms with van der Waals surface area (Å²) >= 11 is 0. The summed E-state index contributed by atoms with van der Waals surface area (Å²) in [5.41, 5.74) is 1.76. The average molecular weight is 621 g/mol. The number of nitrogens with one attached hydrogen (secondary N) is 1. The highest BCUT2D eigenvalue weighted by molar-refractivity contribution is 6.06. The van der Waals surface area contributed by atoms with E-state index in [0.29, 0.717) is 50.8 Å². The molecule has 1 aromatic carbocycles. The number of Topliss-reactive ketones (excluding diaryl/α,β-unsaturated/α-hetero) is 3. The summed E-state index contributed by atoms with van der Waals surface area (Å²) in [6, 6.07) is 3.57. The van der Waals surface area contributed by atoms with Crippen LogP contribution in [0.4, 0.5) is 10.1 Å². The number of carbonyl (C=O) groups excluding carboxylic acids is 4. The van der Waals surface area contributed by atoms with Gasteiger partial charge in [-0.3, -0.25) is 23.9 Å². The minimum absolute atomic E-state index is 0.0238. The molecule has 9 heteroatoms. The molecule has 2 aliphatic heterocycles. The highest BCUT2D eigenvalue weighted by Crippen LogP contribution is 2.62. The summed E-state index contributed by atoms with van der Waals surface area (Å²) in [4.78, 5) is 54.6.